The van der Waals surface area contributed by atoms with Gasteiger partial charge in [-0.1, -0.05) is 0 Å². The smallest absolute Gasteiger partial charge is 0.297 e. The van der Waals surface area contributed by atoms with Gasteiger partial charge in [-0.2, -0.15) is 0 Å². The number of hydrogen-bond donors (Lipinski definition) is 1. The molecule has 66 valence electrons. The number of rotatable bonds is 2. The minimum absolute atomic E-state index is 0.0231. The fraction of sp³-hybridized carbons (Fsp3) is 0. The van der Waals surface area contributed by atoms with Crippen molar-refractivity contribution in [2.75, 3.05) is 0 Å². The summed E-state index contributed by atoms with van der Waals surface area (Å²) in [7, 11) is 0. The highest BCUT2D eigenvalue weighted by molar-refractivity contribution is 5.65. The molecule has 0 saturated carbocycles. The first-order valence-electron chi connectivity index (χ1n) is 3.64. The summed E-state index contributed by atoms with van der Waals surface area (Å²) in [6.45, 7) is 0. The third-order valence-electron chi connectivity index (χ3n) is 1.69. The molecule has 0 unspecified atom stereocenters. The molecule has 0 aliphatic heterocycles. The molecule has 0 amide bonds. The lowest BCUT2D eigenvalue weighted by Gasteiger charge is -1.91. The summed E-state index contributed by atoms with van der Waals surface area (Å²) in [6, 6.07) is 4.75. The number of aromatic nitrogens is 1. The predicted octanol–water partition coefficient (Wildman–Crippen LogP) is 2.18. The number of nitrogens with zero attached hydrogens (tertiary/aromatic N) is 1. The molecule has 0 aliphatic rings. The molecular formula is C8H6N2O3. The average Bonchev–Trinajstić information content (AvgIpc) is 2.74. The number of aromatic amines is 1. The monoisotopic (exact) mass is 178 g/mol. The zero-order valence-corrected chi connectivity index (χ0v) is 6.56. The van der Waals surface area contributed by atoms with E-state index in [1.807, 2.05) is 0 Å². The summed E-state index contributed by atoms with van der Waals surface area (Å²) in [5.41, 5.74) is 0.421. The lowest BCUT2D eigenvalue weighted by molar-refractivity contribution is -0.384. The van der Waals surface area contributed by atoms with Crippen molar-refractivity contribution < 1.29 is 9.34 Å². The van der Waals surface area contributed by atoms with E-state index in [-0.39, 0.29) is 5.69 Å². The van der Waals surface area contributed by atoms with Crippen molar-refractivity contribution in [1.82, 2.24) is 4.98 Å². The van der Waals surface area contributed by atoms with Crippen molar-refractivity contribution in [3.63, 3.8) is 0 Å². The van der Waals surface area contributed by atoms with Gasteiger partial charge in [-0.25, -0.2) is 0 Å². The fourth-order valence-electron chi connectivity index (χ4n) is 1.13. The van der Waals surface area contributed by atoms with Gasteiger partial charge in [-0.3, -0.25) is 10.1 Å². The lowest BCUT2D eigenvalue weighted by Crippen LogP contribution is -1.87. The van der Waals surface area contributed by atoms with E-state index in [1.165, 1.54) is 18.5 Å². The van der Waals surface area contributed by atoms with Gasteiger partial charge in [0.2, 0.25) is 0 Å². The minimum Gasteiger partial charge on any atom is -0.463 e. The van der Waals surface area contributed by atoms with Crippen LogP contribution >= 0.6 is 0 Å². The Kier molecular flexibility index (Phi) is 1.63. The Morgan fingerprint density at radius 3 is 2.92 bits per heavy atom. The number of hydrogen-bond acceptors (Lipinski definition) is 3. The van der Waals surface area contributed by atoms with E-state index in [4.69, 9.17) is 4.42 Å². The molecule has 0 radical (unpaired) electrons. The van der Waals surface area contributed by atoms with Gasteiger partial charge in [0.25, 0.3) is 5.69 Å². The molecule has 5 nitrogen and oxygen atoms in total. The van der Waals surface area contributed by atoms with Gasteiger partial charge in [-0.15, -0.1) is 0 Å². The summed E-state index contributed by atoms with van der Waals surface area (Å²) >= 11 is 0. The topological polar surface area (TPSA) is 72.1 Å². The summed E-state index contributed by atoms with van der Waals surface area (Å²) in [5.74, 6) is 0.469. The Balaban J connectivity index is 2.52. The lowest BCUT2D eigenvalue weighted by atomic mass is 10.3. The Morgan fingerprint density at radius 1 is 1.46 bits per heavy atom. The molecule has 0 aromatic carbocycles. The quantitative estimate of drug-likeness (QED) is 0.565. The van der Waals surface area contributed by atoms with Crippen LogP contribution in [0.25, 0.3) is 11.5 Å². The molecule has 2 rings (SSSR count). The van der Waals surface area contributed by atoms with Crippen LogP contribution in [0.2, 0.25) is 0 Å². The molecule has 0 aliphatic carbocycles. The van der Waals surface area contributed by atoms with Crippen molar-refractivity contribution in [2.24, 2.45) is 0 Å². The number of nitro groups is 1. The third kappa shape index (κ3) is 1.20. The van der Waals surface area contributed by atoms with E-state index in [9.17, 15) is 10.1 Å². The van der Waals surface area contributed by atoms with E-state index in [1.54, 1.807) is 12.1 Å². The van der Waals surface area contributed by atoms with E-state index in [0.717, 1.165) is 0 Å². The van der Waals surface area contributed by atoms with Gasteiger partial charge < -0.3 is 9.40 Å². The average molecular weight is 178 g/mol. The molecule has 0 fully saturated rings. The first-order chi connectivity index (χ1) is 6.29. The van der Waals surface area contributed by atoms with Crippen LogP contribution in [-0.2, 0) is 0 Å². The molecule has 1 N–H and O–H groups in total. The van der Waals surface area contributed by atoms with E-state index in [2.05, 4.69) is 4.98 Å². The van der Waals surface area contributed by atoms with Gasteiger partial charge >= 0.3 is 0 Å². The second-order valence-electron chi connectivity index (χ2n) is 2.47. The highest BCUT2D eigenvalue weighted by atomic mass is 16.6. The maximum absolute atomic E-state index is 10.5. The third-order valence-corrected chi connectivity index (χ3v) is 1.69. The number of H-pyrrole nitrogens is 1. The van der Waals surface area contributed by atoms with Crippen LogP contribution in [0.15, 0.2) is 35.1 Å². The maximum atomic E-state index is 10.5. The van der Waals surface area contributed by atoms with Crippen LogP contribution in [-0.4, -0.2) is 9.91 Å². The number of nitrogens with one attached hydrogen (secondary N) is 1. The standard InChI is InChI=1S/C8H6N2O3/c11-10(12)6-3-4-9-8(6)7-2-1-5-13-7/h1-5,9H. The highest BCUT2D eigenvalue weighted by Gasteiger charge is 2.17. The molecule has 2 heterocycles. The summed E-state index contributed by atoms with van der Waals surface area (Å²) in [4.78, 5) is 12.8. The predicted molar refractivity (Wildman–Crippen MR) is 45.1 cm³/mol. The Morgan fingerprint density at radius 2 is 2.31 bits per heavy atom. The molecular weight excluding hydrogens is 172 g/mol. The molecule has 2 aromatic heterocycles. The Bertz CT molecular complexity index is 416. The Labute approximate surface area is 73.1 Å². The minimum atomic E-state index is -0.450. The molecule has 0 bridgehead atoms. The fourth-order valence-corrected chi connectivity index (χ4v) is 1.13. The molecule has 0 atom stereocenters. The normalized spacial score (nSPS) is 10.2. The first kappa shape index (κ1) is 7.60. The van der Waals surface area contributed by atoms with Crippen LogP contribution < -0.4 is 0 Å². The summed E-state index contributed by atoms with van der Waals surface area (Å²) < 4.78 is 5.03. The first-order valence-corrected chi connectivity index (χ1v) is 3.64. The molecule has 0 saturated heterocycles. The molecule has 0 spiro atoms. The van der Waals surface area contributed by atoms with Crippen molar-refractivity contribution >= 4 is 5.69 Å². The van der Waals surface area contributed by atoms with Crippen LogP contribution in [0, 0.1) is 10.1 Å². The molecule has 2 aromatic rings. The zero-order valence-electron chi connectivity index (χ0n) is 6.56. The van der Waals surface area contributed by atoms with E-state index in [0.29, 0.717) is 11.5 Å². The summed E-state index contributed by atoms with van der Waals surface area (Å²) in [6.07, 6.45) is 2.98. The van der Waals surface area contributed by atoms with Crippen molar-refractivity contribution in [2.45, 2.75) is 0 Å². The van der Waals surface area contributed by atoms with E-state index >= 15 is 0 Å². The van der Waals surface area contributed by atoms with Crippen LogP contribution in [0.3, 0.4) is 0 Å². The second kappa shape index (κ2) is 2.78. The second-order valence-corrected chi connectivity index (χ2v) is 2.47. The van der Waals surface area contributed by atoms with Gasteiger partial charge in [0, 0.05) is 12.3 Å². The number of furan rings is 1. The van der Waals surface area contributed by atoms with Gasteiger partial charge in [0.1, 0.15) is 0 Å². The van der Waals surface area contributed by atoms with Crippen LogP contribution in [0.5, 0.6) is 0 Å². The van der Waals surface area contributed by atoms with E-state index < -0.39 is 4.92 Å². The Hall–Kier alpha value is -2.04. The van der Waals surface area contributed by atoms with Gasteiger partial charge in [-0.05, 0) is 12.1 Å². The van der Waals surface area contributed by atoms with Crippen molar-refractivity contribution in [3.05, 3.63) is 40.8 Å². The van der Waals surface area contributed by atoms with Gasteiger partial charge in [0.05, 0.1) is 11.2 Å². The highest BCUT2D eigenvalue weighted by Crippen LogP contribution is 2.27. The maximum Gasteiger partial charge on any atom is 0.297 e. The molecule has 13 heavy (non-hydrogen) atoms. The van der Waals surface area contributed by atoms with Crippen LogP contribution in [0.1, 0.15) is 0 Å². The summed E-state index contributed by atoms with van der Waals surface area (Å²) in [5, 5.41) is 10.5. The zero-order chi connectivity index (χ0) is 9.26. The van der Waals surface area contributed by atoms with Crippen LogP contribution in [0.4, 0.5) is 5.69 Å². The van der Waals surface area contributed by atoms with Crippen molar-refractivity contribution in [3.8, 4) is 11.5 Å². The van der Waals surface area contributed by atoms with Gasteiger partial charge in [0.15, 0.2) is 11.5 Å². The molecule has 5 heteroatoms. The largest absolute Gasteiger partial charge is 0.463 e. The van der Waals surface area contributed by atoms with Crippen molar-refractivity contribution in [1.29, 1.82) is 0 Å². The SMILES string of the molecule is O=[N+]([O-])c1cc[nH]c1-c1ccco1.